The van der Waals surface area contributed by atoms with Gasteiger partial charge in [0.05, 0.1) is 19.3 Å². The molecule has 0 aromatic heterocycles. The van der Waals surface area contributed by atoms with Gasteiger partial charge in [-0.25, -0.2) is 0 Å². The fourth-order valence-corrected chi connectivity index (χ4v) is 1.71. The molecule has 1 heterocycles. The van der Waals surface area contributed by atoms with Crippen LogP contribution in [0.25, 0.3) is 0 Å². The third-order valence-electron chi connectivity index (χ3n) is 2.56. The van der Waals surface area contributed by atoms with Crippen LogP contribution >= 0.6 is 0 Å². The second-order valence-electron chi connectivity index (χ2n) is 4.00. The van der Waals surface area contributed by atoms with Crippen LogP contribution in [0.5, 0.6) is 0 Å². The fourth-order valence-electron chi connectivity index (χ4n) is 1.71. The lowest BCUT2D eigenvalue weighted by molar-refractivity contribution is 0.0436. The molecular weight excluding hydrogens is 178 g/mol. The number of nitrogens with one attached hydrogen (secondary N) is 1. The van der Waals surface area contributed by atoms with Gasteiger partial charge in [0.25, 0.3) is 0 Å². The van der Waals surface area contributed by atoms with E-state index in [2.05, 4.69) is 19.2 Å². The first-order chi connectivity index (χ1) is 6.83. The van der Waals surface area contributed by atoms with Gasteiger partial charge >= 0.3 is 0 Å². The lowest BCUT2D eigenvalue weighted by Gasteiger charge is -2.14. The molecule has 1 N–H and O–H groups in total. The zero-order valence-electron chi connectivity index (χ0n) is 9.42. The van der Waals surface area contributed by atoms with Crippen molar-refractivity contribution in [1.82, 2.24) is 5.32 Å². The highest BCUT2D eigenvalue weighted by atomic mass is 16.5. The molecule has 0 aromatic carbocycles. The highest BCUT2D eigenvalue weighted by Gasteiger charge is 2.15. The van der Waals surface area contributed by atoms with E-state index in [1.54, 1.807) is 0 Å². The van der Waals surface area contributed by atoms with Gasteiger partial charge in [-0.3, -0.25) is 0 Å². The molecule has 3 nitrogen and oxygen atoms in total. The largest absolute Gasteiger partial charge is 0.379 e. The first kappa shape index (κ1) is 12.0. The summed E-state index contributed by atoms with van der Waals surface area (Å²) in [6.07, 6.45) is 3.89. The Morgan fingerprint density at radius 3 is 3.07 bits per heavy atom. The number of ether oxygens (including phenoxy) is 2. The van der Waals surface area contributed by atoms with E-state index >= 15 is 0 Å². The Kier molecular flexibility index (Phi) is 6.15. The van der Waals surface area contributed by atoms with E-state index in [1.165, 1.54) is 12.8 Å². The molecule has 0 spiro atoms. The van der Waals surface area contributed by atoms with Crippen molar-refractivity contribution in [2.24, 2.45) is 0 Å². The standard InChI is InChI=1S/C11H23NO2/c1-3-4-10(2)12-6-8-14-11-5-7-13-9-11/h10-12H,3-9H2,1-2H3. The Bertz CT molecular complexity index is 135. The van der Waals surface area contributed by atoms with Crippen LogP contribution in [-0.4, -0.2) is 38.5 Å². The third-order valence-corrected chi connectivity index (χ3v) is 2.56. The minimum atomic E-state index is 0.346. The predicted octanol–water partition coefficient (Wildman–Crippen LogP) is 1.57. The topological polar surface area (TPSA) is 30.5 Å². The van der Waals surface area contributed by atoms with Crippen molar-refractivity contribution in [3.63, 3.8) is 0 Å². The predicted molar refractivity (Wildman–Crippen MR) is 57.5 cm³/mol. The summed E-state index contributed by atoms with van der Waals surface area (Å²) in [5, 5.41) is 3.44. The summed E-state index contributed by atoms with van der Waals surface area (Å²) >= 11 is 0. The third kappa shape index (κ3) is 4.94. The quantitative estimate of drug-likeness (QED) is 0.634. The highest BCUT2D eigenvalue weighted by molar-refractivity contribution is 4.64. The van der Waals surface area contributed by atoms with E-state index in [4.69, 9.17) is 9.47 Å². The average Bonchev–Trinajstić information content (AvgIpc) is 2.65. The van der Waals surface area contributed by atoms with E-state index in [-0.39, 0.29) is 0 Å². The van der Waals surface area contributed by atoms with Crippen molar-refractivity contribution < 1.29 is 9.47 Å². The molecule has 1 saturated heterocycles. The number of rotatable bonds is 7. The van der Waals surface area contributed by atoms with Crippen molar-refractivity contribution in [2.45, 2.75) is 45.3 Å². The van der Waals surface area contributed by atoms with Gasteiger partial charge in [-0.2, -0.15) is 0 Å². The summed E-state index contributed by atoms with van der Waals surface area (Å²) in [6, 6.07) is 0.614. The van der Waals surface area contributed by atoms with Crippen LogP contribution in [0.2, 0.25) is 0 Å². The lowest BCUT2D eigenvalue weighted by Crippen LogP contribution is -2.30. The number of hydrogen-bond donors (Lipinski definition) is 1. The summed E-state index contributed by atoms with van der Waals surface area (Å²) in [7, 11) is 0. The molecule has 0 aromatic rings. The zero-order valence-corrected chi connectivity index (χ0v) is 9.42. The molecule has 2 unspecified atom stereocenters. The summed E-state index contributed by atoms with van der Waals surface area (Å²) in [5.74, 6) is 0. The second kappa shape index (κ2) is 7.21. The average molecular weight is 201 g/mol. The Morgan fingerprint density at radius 2 is 2.43 bits per heavy atom. The maximum Gasteiger partial charge on any atom is 0.0831 e. The Morgan fingerprint density at radius 1 is 1.57 bits per heavy atom. The maximum absolute atomic E-state index is 5.64. The van der Waals surface area contributed by atoms with Crippen molar-refractivity contribution in [3.8, 4) is 0 Å². The number of hydrogen-bond acceptors (Lipinski definition) is 3. The Balaban J connectivity index is 1.88. The van der Waals surface area contributed by atoms with Crippen molar-refractivity contribution in [2.75, 3.05) is 26.4 Å². The molecule has 0 radical (unpaired) electrons. The van der Waals surface area contributed by atoms with Gasteiger partial charge in [0.15, 0.2) is 0 Å². The van der Waals surface area contributed by atoms with Gasteiger partial charge in [-0.15, -0.1) is 0 Å². The van der Waals surface area contributed by atoms with Gasteiger partial charge in [0, 0.05) is 19.2 Å². The van der Waals surface area contributed by atoms with Crippen LogP contribution in [-0.2, 0) is 9.47 Å². The molecule has 1 aliphatic heterocycles. The van der Waals surface area contributed by atoms with Gasteiger partial charge in [0.1, 0.15) is 0 Å². The molecule has 0 amide bonds. The summed E-state index contributed by atoms with van der Waals surface area (Å²) in [5.41, 5.74) is 0. The molecule has 0 aliphatic carbocycles. The Labute approximate surface area is 87.2 Å². The SMILES string of the molecule is CCCC(C)NCCOC1CCOC1. The normalized spacial score (nSPS) is 24.0. The molecule has 3 heteroatoms. The fraction of sp³-hybridized carbons (Fsp3) is 1.00. The first-order valence-electron chi connectivity index (χ1n) is 5.75. The minimum absolute atomic E-state index is 0.346. The molecular formula is C11H23NO2. The van der Waals surface area contributed by atoms with Crippen LogP contribution in [0, 0.1) is 0 Å². The molecule has 0 bridgehead atoms. The summed E-state index contributed by atoms with van der Waals surface area (Å²) in [4.78, 5) is 0. The molecule has 2 atom stereocenters. The van der Waals surface area contributed by atoms with Crippen LogP contribution in [0.4, 0.5) is 0 Å². The zero-order chi connectivity index (χ0) is 10.2. The van der Waals surface area contributed by atoms with E-state index < -0.39 is 0 Å². The van der Waals surface area contributed by atoms with Gasteiger partial charge in [0.2, 0.25) is 0 Å². The van der Waals surface area contributed by atoms with E-state index in [9.17, 15) is 0 Å². The van der Waals surface area contributed by atoms with Crippen molar-refractivity contribution in [1.29, 1.82) is 0 Å². The van der Waals surface area contributed by atoms with Crippen LogP contribution in [0.1, 0.15) is 33.1 Å². The summed E-state index contributed by atoms with van der Waals surface area (Å²) in [6.45, 7) is 7.85. The second-order valence-corrected chi connectivity index (χ2v) is 4.00. The molecule has 14 heavy (non-hydrogen) atoms. The maximum atomic E-state index is 5.64. The van der Waals surface area contributed by atoms with E-state index in [0.29, 0.717) is 12.1 Å². The first-order valence-corrected chi connectivity index (χ1v) is 5.75. The van der Waals surface area contributed by atoms with Gasteiger partial charge in [-0.1, -0.05) is 13.3 Å². The lowest BCUT2D eigenvalue weighted by atomic mass is 10.2. The summed E-state index contributed by atoms with van der Waals surface area (Å²) < 4.78 is 10.9. The highest BCUT2D eigenvalue weighted by Crippen LogP contribution is 2.07. The monoisotopic (exact) mass is 201 g/mol. The van der Waals surface area contributed by atoms with Gasteiger partial charge < -0.3 is 14.8 Å². The minimum Gasteiger partial charge on any atom is -0.379 e. The van der Waals surface area contributed by atoms with Crippen LogP contribution in [0.3, 0.4) is 0 Å². The van der Waals surface area contributed by atoms with Gasteiger partial charge in [-0.05, 0) is 19.8 Å². The molecule has 0 saturated carbocycles. The van der Waals surface area contributed by atoms with E-state index in [0.717, 1.165) is 32.8 Å². The smallest absolute Gasteiger partial charge is 0.0831 e. The van der Waals surface area contributed by atoms with E-state index in [1.807, 2.05) is 0 Å². The van der Waals surface area contributed by atoms with Crippen LogP contribution in [0.15, 0.2) is 0 Å². The van der Waals surface area contributed by atoms with Crippen molar-refractivity contribution in [3.05, 3.63) is 0 Å². The molecule has 1 rings (SSSR count). The Hall–Kier alpha value is -0.120. The molecule has 1 fully saturated rings. The molecule has 84 valence electrons. The molecule has 1 aliphatic rings. The van der Waals surface area contributed by atoms with Crippen LogP contribution < -0.4 is 5.32 Å². The van der Waals surface area contributed by atoms with Crippen molar-refractivity contribution >= 4 is 0 Å².